The van der Waals surface area contributed by atoms with Crippen molar-refractivity contribution in [1.82, 2.24) is 10.9 Å². The first-order chi connectivity index (χ1) is 12.4. The van der Waals surface area contributed by atoms with Crippen LogP contribution in [0.25, 0.3) is 0 Å². The number of benzene rings is 2. The fourth-order valence-corrected chi connectivity index (χ4v) is 3.09. The van der Waals surface area contributed by atoms with Crippen molar-refractivity contribution >= 4 is 39.3 Å². The fraction of sp³-hybridized carbons (Fsp3) is 0.211. The maximum absolute atomic E-state index is 12.3. The summed E-state index contributed by atoms with van der Waals surface area (Å²) < 4.78 is 0.860. The van der Waals surface area contributed by atoms with Crippen LogP contribution in [0.5, 0.6) is 0 Å². The molecule has 0 bridgehead atoms. The molecule has 1 aliphatic rings. The van der Waals surface area contributed by atoms with Crippen LogP contribution in [0.2, 0.25) is 0 Å². The highest BCUT2D eigenvalue weighted by Gasteiger charge is 2.35. The Bertz CT molecular complexity index is 851. The van der Waals surface area contributed by atoms with Gasteiger partial charge in [-0.2, -0.15) is 0 Å². The summed E-state index contributed by atoms with van der Waals surface area (Å²) in [7, 11) is 0. The Hall–Kier alpha value is -2.67. The molecule has 0 aromatic heterocycles. The van der Waals surface area contributed by atoms with E-state index in [2.05, 4.69) is 26.8 Å². The number of aryl methyl sites for hydroxylation is 1. The number of hydrogen-bond acceptors (Lipinski definition) is 3. The van der Waals surface area contributed by atoms with Crippen LogP contribution in [0.15, 0.2) is 53.0 Å². The molecule has 1 atom stereocenters. The lowest BCUT2D eigenvalue weighted by molar-refractivity contribution is -0.126. The lowest BCUT2D eigenvalue weighted by Gasteiger charge is -2.17. The maximum Gasteiger partial charge on any atom is 0.269 e. The highest BCUT2D eigenvalue weighted by molar-refractivity contribution is 9.10. The van der Waals surface area contributed by atoms with Crippen LogP contribution in [0, 0.1) is 12.8 Å². The number of amides is 3. The van der Waals surface area contributed by atoms with Crippen molar-refractivity contribution in [3.63, 3.8) is 0 Å². The van der Waals surface area contributed by atoms with Crippen molar-refractivity contribution in [2.75, 3.05) is 11.4 Å². The zero-order valence-corrected chi connectivity index (χ0v) is 15.7. The number of anilines is 1. The molecule has 134 valence electrons. The topological polar surface area (TPSA) is 78.5 Å². The minimum atomic E-state index is -0.506. The molecule has 1 saturated heterocycles. The molecule has 0 radical (unpaired) electrons. The smallest absolute Gasteiger partial charge is 0.269 e. The van der Waals surface area contributed by atoms with Gasteiger partial charge in [0.05, 0.1) is 5.92 Å². The van der Waals surface area contributed by atoms with E-state index in [0.717, 1.165) is 15.7 Å². The molecule has 7 heteroatoms. The van der Waals surface area contributed by atoms with E-state index in [9.17, 15) is 14.4 Å². The van der Waals surface area contributed by atoms with Gasteiger partial charge in [-0.1, -0.05) is 28.1 Å². The Labute approximate surface area is 159 Å². The molecule has 26 heavy (non-hydrogen) atoms. The monoisotopic (exact) mass is 415 g/mol. The first-order valence-corrected chi connectivity index (χ1v) is 8.96. The summed E-state index contributed by atoms with van der Waals surface area (Å²) in [6.45, 7) is 2.24. The largest absolute Gasteiger partial charge is 0.312 e. The SMILES string of the molecule is Cc1cccc(N2C[C@@H](C(=O)NNC(=O)c3ccc(Br)cc3)CC2=O)c1. The number of hydrogen-bond donors (Lipinski definition) is 2. The van der Waals surface area contributed by atoms with Crippen molar-refractivity contribution in [3.05, 3.63) is 64.1 Å². The van der Waals surface area contributed by atoms with E-state index in [1.54, 1.807) is 29.2 Å². The zero-order valence-electron chi connectivity index (χ0n) is 14.2. The third-order valence-corrected chi connectivity index (χ3v) is 4.74. The summed E-state index contributed by atoms with van der Waals surface area (Å²) in [5, 5.41) is 0. The van der Waals surface area contributed by atoms with Gasteiger partial charge in [0.1, 0.15) is 0 Å². The van der Waals surface area contributed by atoms with Crippen molar-refractivity contribution < 1.29 is 14.4 Å². The highest BCUT2D eigenvalue weighted by Crippen LogP contribution is 2.25. The molecule has 2 aromatic rings. The molecule has 6 nitrogen and oxygen atoms in total. The molecular weight excluding hydrogens is 398 g/mol. The lowest BCUT2D eigenvalue weighted by atomic mass is 10.1. The Balaban J connectivity index is 1.58. The van der Waals surface area contributed by atoms with E-state index in [0.29, 0.717) is 12.1 Å². The average molecular weight is 416 g/mol. The molecular formula is C19H18BrN3O3. The molecule has 0 unspecified atom stereocenters. The summed E-state index contributed by atoms with van der Waals surface area (Å²) in [6, 6.07) is 14.4. The second kappa shape index (κ2) is 7.70. The van der Waals surface area contributed by atoms with Gasteiger partial charge in [-0.25, -0.2) is 0 Å². The van der Waals surface area contributed by atoms with Gasteiger partial charge in [-0.15, -0.1) is 0 Å². The van der Waals surface area contributed by atoms with E-state index >= 15 is 0 Å². The molecule has 1 fully saturated rings. The summed E-state index contributed by atoms with van der Waals surface area (Å²) in [5.74, 6) is -1.40. The number of carbonyl (C=O) groups excluding carboxylic acids is 3. The van der Waals surface area contributed by atoms with E-state index in [1.807, 2.05) is 31.2 Å². The number of halogens is 1. The predicted molar refractivity (Wildman–Crippen MR) is 101 cm³/mol. The van der Waals surface area contributed by atoms with Crippen LogP contribution < -0.4 is 15.8 Å². The quantitative estimate of drug-likeness (QED) is 0.756. The predicted octanol–water partition coefficient (Wildman–Crippen LogP) is 2.57. The van der Waals surface area contributed by atoms with Gasteiger partial charge in [-0.3, -0.25) is 25.2 Å². The molecule has 1 aliphatic heterocycles. The molecule has 0 saturated carbocycles. The number of nitrogens with zero attached hydrogens (tertiary/aromatic N) is 1. The average Bonchev–Trinajstić information content (AvgIpc) is 3.02. The van der Waals surface area contributed by atoms with E-state index < -0.39 is 11.8 Å². The van der Waals surface area contributed by atoms with Crippen LogP contribution in [-0.4, -0.2) is 24.3 Å². The van der Waals surface area contributed by atoms with Crippen LogP contribution in [0.3, 0.4) is 0 Å². The maximum atomic E-state index is 12.3. The molecule has 1 heterocycles. The number of rotatable bonds is 3. The molecule has 0 aliphatic carbocycles. The van der Waals surface area contributed by atoms with Gasteiger partial charge >= 0.3 is 0 Å². The van der Waals surface area contributed by atoms with Crippen molar-refractivity contribution in [2.24, 2.45) is 5.92 Å². The van der Waals surface area contributed by atoms with Gasteiger partial charge in [0.25, 0.3) is 5.91 Å². The number of carbonyl (C=O) groups is 3. The normalized spacial score (nSPS) is 16.5. The van der Waals surface area contributed by atoms with Crippen molar-refractivity contribution in [2.45, 2.75) is 13.3 Å². The first kappa shape index (κ1) is 18.1. The Morgan fingerprint density at radius 3 is 2.54 bits per heavy atom. The van der Waals surface area contributed by atoms with E-state index in [-0.39, 0.29) is 18.2 Å². The Morgan fingerprint density at radius 1 is 1.12 bits per heavy atom. The number of hydrazine groups is 1. The van der Waals surface area contributed by atoms with Gasteiger partial charge in [0, 0.05) is 28.7 Å². The minimum Gasteiger partial charge on any atom is -0.312 e. The first-order valence-electron chi connectivity index (χ1n) is 8.17. The standard InChI is InChI=1S/C19H18BrN3O3/c1-12-3-2-4-16(9-12)23-11-14(10-17(23)24)19(26)22-21-18(25)13-5-7-15(20)8-6-13/h2-9,14H,10-11H2,1H3,(H,21,25)(H,22,26)/t14-/m0/s1. The second-order valence-electron chi connectivity index (χ2n) is 6.19. The van der Waals surface area contributed by atoms with Crippen LogP contribution in [0.4, 0.5) is 5.69 Å². The van der Waals surface area contributed by atoms with Gasteiger partial charge < -0.3 is 4.90 Å². The Morgan fingerprint density at radius 2 is 1.85 bits per heavy atom. The zero-order chi connectivity index (χ0) is 18.7. The molecule has 2 N–H and O–H groups in total. The van der Waals surface area contributed by atoms with E-state index in [4.69, 9.17) is 0 Å². The molecule has 2 aromatic carbocycles. The number of nitrogens with one attached hydrogen (secondary N) is 2. The highest BCUT2D eigenvalue weighted by atomic mass is 79.9. The second-order valence-corrected chi connectivity index (χ2v) is 7.11. The lowest BCUT2D eigenvalue weighted by Crippen LogP contribution is -2.45. The minimum absolute atomic E-state index is 0.102. The molecule has 3 rings (SSSR count). The van der Waals surface area contributed by atoms with Crippen LogP contribution in [0.1, 0.15) is 22.3 Å². The van der Waals surface area contributed by atoms with Gasteiger partial charge in [0.15, 0.2) is 0 Å². The van der Waals surface area contributed by atoms with Crippen LogP contribution >= 0.6 is 15.9 Å². The summed E-state index contributed by atoms with van der Waals surface area (Å²) >= 11 is 3.30. The fourth-order valence-electron chi connectivity index (χ4n) is 2.82. The summed E-state index contributed by atoms with van der Waals surface area (Å²) in [5.41, 5.74) is 7.06. The molecule has 0 spiro atoms. The Kier molecular flexibility index (Phi) is 5.37. The summed E-state index contributed by atoms with van der Waals surface area (Å²) in [4.78, 5) is 38.2. The van der Waals surface area contributed by atoms with Gasteiger partial charge in [-0.05, 0) is 48.9 Å². The van der Waals surface area contributed by atoms with Crippen molar-refractivity contribution in [1.29, 1.82) is 0 Å². The summed E-state index contributed by atoms with van der Waals surface area (Å²) in [6.07, 6.45) is 0.119. The van der Waals surface area contributed by atoms with Gasteiger partial charge in [0.2, 0.25) is 11.8 Å². The van der Waals surface area contributed by atoms with Crippen molar-refractivity contribution in [3.8, 4) is 0 Å². The third-order valence-electron chi connectivity index (χ3n) is 4.21. The third kappa shape index (κ3) is 4.11. The molecule has 3 amide bonds. The van der Waals surface area contributed by atoms with Crippen LogP contribution in [-0.2, 0) is 9.59 Å². The van der Waals surface area contributed by atoms with E-state index in [1.165, 1.54) is 0 Å².